The average Bonchev–Trinajstić information content (AvgIpc) is 2.32. The van der Waals surface area contributed by atoms with Gasteiger partial charge in [-0.3, -0.25) is 0 Å². The van der Waals surface area contributed by atoms with Gasteiger partial charge in [0.2, 0.25) is 0 Å². The molecule has 1 spiro atoms. The highest BCUT2D eigenvalue weighted by molar-refractivity contribution is 5.11. The van der Waals surface area contributed by atoms with Crippen molar-refractivity contribution in [2.45, 2.75) is 84.2 Å². The molecule has 1 unspecified atom stereocenters. The smallest absolute Gasteiger partial charge is 0.0550 e. The summed E-state index contributed by atoms with van der Waals surface area (Å²) in [6.45, 7) is 4.95. The van der Waals surface area contributed by atoms with Crippen LogP contribution in [0.15, 0.2) is 0 Å². The fraction of sp³-hybridized carbons (Fsp3) is 1.00. The maximum absolute atomic E-state index is 9.58. The van der Waals surface area contributed by atoms with E-state index >= 15 is 0 Å². The first-order chi connectivity index (χ1) is 8.59. The van der Waals surface area contributed by atoms with Gasteiger partial charge in [-0.2, -0.15) is 0 Å². The monoisotopic (exact) mass is 250 g/mol. The molecule has 3 fully saturated rings. The summed E-state index contributed by atoms with van der Waals surface area (Å²) < 4.78 is 0. The summed E-state index contributed by atoms with van der Waals surface area (Å²) in [6, 6.07) is 0. The Balaban J connectivity index is 1.62. The summed E-state index contributed by atoms with van der Waals surface area (Å²) in [5.74, 6) is 1.92. The SMILES string of the molecule is CCC1(C(C)C2CCCCC2)CC2(CC(O)C2)C1. The molecule has 3 aliphatic carbocycles. The molecule has 3 aliphatic rings. The van der Waals surface area contributed by atoms with Crippen LogP contribution in [0.2, 0.25) is 0 Å². The third-order valence-electron chi connectivity index (χ3n) is 6.82. The summed E-state index contributed by atoms with van der Waals surface area (Å²) in [7, 11) is 0. The Hall–Kier alpha value is -0.0400. The fourth-order valence-electron chi connectivity index (χ4n) is 5.70. The van der Waals surface area contributed by atoms with Gasteiger partial charge in [0.15, 0.2) is 0 Å². The van der Waals surface area contributed by atoms with E-state index in [0.29, 0.717) is 10.8 Å². The molecule has 0 aromatic rings. The maximum Gasteiger partial charge on any atom is 0.0550 e. The van der Waals surface area contributed by atoms with Crippen LogP contribution in [0.1, 0.15) is 78.1 Å². The van der Waals surface area contributed by atoms with Crippen LogP contribution in [-0.4, -0.2) is 11.2 Å². The lowest BCUT2D eigenvalue weighted by Crippen LogP contribution is -2.58. The molecule has 0 radical (unpaired) electrons. The first-order valence-corrected chi connectivity index (χ1v) is 8.27. The molecule has 0 saturated heterocycles. The summed E-state index contributed by atoms with van der Waals surface area (Å²) in [5.41, 5.74) is 1.22. The van der Waals surface area contributed by atoms with Crippen molar-refractivity contribution in [2.75, 3.05) is 0 Å². The number of aliphatic hydroxyl groups is 1. The van der Waals surface area contributed by atoms with Gasteiger partial charge in [0.05, 0.1) is 6.10 Å². The molecule has 1 N–H and O–H groups in total. The van der Waals surface area contributed by atoms with E-state index in [1.807, 2.05) is 0 Å². The van der Waals surface area contributed by atoms with Crippen LogP contribution in [0, 0.1) is 22.7 Å². The zero-order chi connectivity index (χ0) is 12.8. The van der Waals surface area contributed by atoms with E-state index in [1.165, 1.54) is 51.4 Å². The summed E-state index contributed by atoms with van der Waals surface area (Å²) in [4.78, 5) is 0. The normalized spacial score (nSPS) is 46.5. The van der Waals surface area contributed by atoms with Crippen molar-refractivity contribution in [1.82, 2.24) is 0 Å². The molecular weight excluding hydrogens is 220 g/mol. The molecule has 0 aromatic carbocycles. The highest BCUT2D eigenvalue weighted by Gasteiger charge is 2.61. The van der Waals surface area contributed by atoms with Crippen molar-refractivity contribution in [3.05, 3.63) is 0 Å². The largest absolute Gasteiger partial charge is 0.393 e. The first kappa shape index (κ1) is 13.0. The topological polar surface area (TPSA) is 20.2 Å². The van der Waals surface area contributed by atoms with Crippen LogP contribution in [0.4, 0.5) is 0 Å². The van der Waals surface area contributed by atoms with Gasteiger partial charge in [0.25, 0.3) is 0 Å². The fourth-order valence-corrected chi connectivity index (χ4v) is 5.70. The van der Waals surface area contributed by atoms with Crippen LogP contribution >= 0.6 is 0 Å². The molecule has 0 aromatic heterocycles. The minimum Gasteiger partial charge on any atom is -0.393 e. The number of rotatable bonds is 3. The lowest BCUT2D eigenvalue weighted by Gasteiger charge is -2.66. The molecule has 1 atom stereocenters. The standard InChI is InChI=1S/C17H30O/c1-3-17(11-16(12-17)9-15(18)10-16)13(2)14-7-5-4-6-8-14/h13-15,18H,3-12H2,1-2H3. The van der Waals surface area contributed by atoms with E-state index in [-0.39, 0.29) is 6.10 Å². The molecule has 104 valence electrons. The van der Waals surface area contributed by atoms with Crippen molar-refractivity contribution in [3.8, 4) is 0 Å². The molecular formula is C17H30O. The van der Waals surface area contributed by atoms with E-state index in [2.05, 4.69) is 13.8 Å². The Morgan fingerprint density at radius 1 is 1.11 bits per heavy atom. The highest BCUT2D eigenvalue weighted by Crippen LogP contribution is 2.69. The molecule has 1 nitrogen and oxygen atoms in total. The Bertz CT molecular complexity index is 289. The van der Waals surface area contributed by atoms with Gasteiger partial charge in [0, 0.05) is 0 Å². The van der Waals surface area contributed by atoms with Gasteiger partial charge in [-0.15, -0.1) is 0 Å². The molecule has 0 heterocycles. The molecule has 0 aliphatic heterocycles. The Morgan fingerprint density at radius 2 is 1.72 bits per heavy atom. The molecule has 0 amide bonds. The van der Waals surface area contributed by atoms with Gasteiger partial charge in [-0.1, -0.05) is 52.4 Å². The minimum atomic E-state index is 0.0323. The second kappa shape index (κ2) is 4.51. The molecule has 3 saturated carbocycles. The van der Waals surface area contributed by atoms with Crippen LogP contribution in [0.5, 0.6) is 0 Å². The predicted molar refractivity (Wildman–Crippen MR) is 75.4 cm³/mol. The molecule has 3 rings (SSSR count). The number of aliphatic hydroxyl groups excluding tert-OH is 1. The zero-order valence-corrected chi connectivity index (χ0v) is 12.3. The Morgan fingerprint density at radius 3 is 2.22 bits per heavy atom. The average molecular weight is 250 g/mol. The van der Waals surface area contributed by atoms with Gasteiger partial charge >= 0.3 is 0 Å². The van der Waals surface area contributed by atoms with Crippen LogP contribution < -0.4 is 0 Å². The molecule has 0 bridgehead atoms. The van der Waals surface area contributed by atoms with E-state index < -0.39 is 0 Å². The Kier molecular flexibility index (Phi) is 3.25. The second-order valence-corrected chi connectivity index (χ2v) is 7.82. The summed E-state index contributed by atoms with van der Waals surface area (Å²) in [5, 5.41) is 9.58. The lowest BCUT2D eigenvalue weighted by atomic mass is 9.40. The second-order valence-electron chi connectivity index (χ2n) is 7.82. The van der Waals surface area contributed by atoms with E-state index in [1.54, 1.807) is 0 Å². The quantitative estimate of drug-likeness (QED) is 0.780. The van der Waals surface area contributed by atoms with Crippen molar-refractivity contribution in [1.29, 1.82) is 0 Å². The minimum absolute atomic E-state index is 0.0323. The molecule has 1 heteroatoms. The first-order valence-electron chi connectivity index (χ1n) is 8.27. The van der Waals surface area contributed by atoms with Crippen LogP contribution in [-0.2, 0) is 0 Å². The van der Waals surface area contributed by atoms with Gasteiger partial charge in [0.1, 0.15) is 0 Å². The van der Waals surface area contributed by atoms with Crippen molar-refractivity contribution in [2.24, 2.45) is 22.7 Å². The Labute approximate surface area is 112 Å². The van der Waals surface area contributed by atoms with Gasteiger partial charge in [-0.25, -0.2) is 0 Å². The number of hydrogen-bond donors (Lipinski definition) is 1. The molecule has 18 heavy (non-hydrogen) atoms. The highest BCUT2D eigenvalue weighted by atomic mass is 16.3. The van der Waals surface area contributed by atoms with Crippen LogP contribution in [0.3, 0.4) is 0 Å². The van der Waals surface area contributed by atoms with E-state index in [4.69, 9.17) is 0 Å². The van der Waals surface area contributed by atoms with Crippen molar-refractivity contribution < 1.29 is 5.11 Å². The third-order valence-corrected chi connectivity index (χ3v) is 6.82. The summed E-state index contributed by atoms with van der Waals surface area (Å²) in [6.07, 6.45) is 13.8. The van der Waals surface area contributed by atoms with E-state index in [9.17, 15) is 5.11 Å². The lowest BCUT2D eigenvalue weighted by molar-refractivity contribution is -0.183. The van der Waals surface area contributed by atoms with E-state index in [0.717, 1.165) is 24.7 Å². The van der Waals surface area contributed by atoms with Crippen molar-refractivity contribution in [3.63, 3.8) is 0 Å². The van der Waals surface area contributed by atoms with Crippen molar-refractivity contribution >= 4 is 0 Å². The predicted octanol–water partition coefficient (Wildman–Crippen LogP) is 4.53. The zero-order valence-electron chi connectivity index (χ0n) is 12.3. The van der Waals surface area contributed by atoms with Gasteiger partial charge in [-0.05, 0) is 48.3 Å². The van der Waals surface area contributed by atoms with Crippen LogP contribution in [0.25, 0.3) is 0 Å². The van der Waals surface area contributed by atoms with Gasteiger partial charge < -0.3 is 5.11 Å². The summed E-state index contributed by atoms with van der Waals surface area (Å²) >= 11 is 0. The third kappa shape index (κ3) is 1.94. The number of hydrogen-bond acceptors (Lipinski definition) is 1. The maximum atomic E-state index is 9.58.